The second-order valence-corrected chi connectivity index (χ2v) is 6.44. The molecule has 1 heterocycles. The van der Waals surface area contributed by atoms with Gasteiger partial charge in [-0.3, -0.25) is 4.79 Å². The number of hydrogen-bond donors (Lipinski definition) is 1. The summed E-state index contributed by atoms with van der Waals surface area (Å²) in [6.07, 6.45) is 0. The number of hydrogen-bond acceptors (Lipinski definition) is 3. The van der Waals surface area contributed by atoms with Crippen molar-refractivity contribution in [3.8, 4) is 11.5 Å². The Morgan fingerprint density at radius 2 is 1.72 bits per heavy atom. The minimum atomic E-state index is -0.172. The highest BCUT2D eigenvalue weighted by Crippen LogP contribution is 2.26. The first-order valence-electron chi connectivity index (χ1n) is 7.72. The molecule has 122 valence electrons. The number of halogens is 1. The van der Waals surface area contributed by atoms with Gasteiger partial charge in [0.2, 0.25) is 5.89 Å². The lowest BCUT2D eigenvalue weighted by molar-refractivity contribution is 0.102. The molecule has 0 aliphatic heterocycles. The smallest absolute Gasteiger partial charge is 0.255 e. The molecule has 1 N–H and O–H groups in total. The normalized spacial score (nSPS) is 10.8. The van der Waals surface area contributed by atoms with Crippen LogP contribution >= 0.6 is 15.9 Å². The Hall–Kier alpha value is -2.92. The largest absolute Gasteiger partial charge is 0.436 e. The Labute approximate surface area is 152 Å². The number of anilines is 1. The van der Waals surface area contributed by atoms with Crippen molar-refractivity contribution in [2.24, 2.45) is 0 Å². The van der Waals surface area contributed by atoms with Crippen LogP contribution in [0.1, 0.15) is 10.4 Å². The van der Waals surface area contributed by atoms with Crippen LogP contribution in [0.25, 0.3) is 22.6 Å². The maximum Gasteiger partial charge on any atom is 0.255 e. The van der Waals surface area contributed by atoms with Crippen LogP contribution in [0, 0.1) is 0 Å². The van der Waals surface area contributed by atoms with Gasteiger partial charge >= 0.3 is 0 Å². The van der Waals surface area contributed by atoms with Crippen LogP contribution in [-0.4, -0.2) is 10.9 Å². The van der Waals surface area contributed by atoms with E-state index in [1.54, 1.807) is 18.2 Å². The van der Waals surface area contributed by atoms with Gasteiger partial charge < -0.3 is 9.73 Å². The van der Waals surface area contributed by atoms with Crippen molar-refractivity contribution in [3.05, 3.63) is 82.8 Å². The fourth-order valence-corrected chi connectivity index (χ4v) is 2.78. The second kappa shape index (κ2) is 6.53. The van der Waals surface area contributed by atoms with E-state index >= 15 is 0 Å². The Morgan fingerprint density at radius 3 is 2.48 bits per heavy atom. The zero-order chi connectivity index (χ0) is 17.2. The number of carbonyl (C=O) groups excluding carboxylic acids is 1. The van der Waals surface area contributed by atoms with Crippen molar-refractivity contribution in [2.45, 2.75) is 0 Å². The molecule has 3 aromatic carbocycles. The number of rotatable bonds is 3. The molecule has 4 aromatic rings. The third-order valence-electron chi connectivity index (χ3n) is 3.77. The fourth-order valence-electron chi connectivity index (χ4n) is 2.51. The number of carbonyl (C=O) groups is 1. The summed E-state index contributed by atoms with van der Waals surface area (Å²) in [5.41, 5.74) is 3.55. The van der Waals surface area contributed by atoms with Crippen LogP contribution in [0.4, 0.5) is 5.69 Å². The standard InChI is InChI=1S/C20H13BrN2O2/c21-15-8-6-13(7-9-15)19(24)22-16-10-11-17-18(12-16)25-20(23-17)14-4-2-1-3-5-14/h1-12H,(H,22,24). The molecule has 0 radical (unpaired) electrons. The highest BCUT2D eigenvalue weighted by Gasteiger charge is 2.10. The summed E-state index contributed by atoms with van der Waals surface area (Å²) in [4.78, 5) is 16.8. The summed E-state index contributed by atoms with van der Waals surface area (Å²) in [6, 6.07) is 22.3. The van der Waals surface area contributed by atoms with Crippen molar-refractivity contribution in [1.29, 1.82) is 0 Å². The van der Waals surface area contributed by atoms with E-state index in [2.05, 4.69) is 26.2 Å². The van der Waals surface area contributed by atoms with Gasteiger partial charge in [-0.1, -0.05) is 34.1 Å². The van der Waals surface area contributed by atoms with Crippen LogP contribution in [0.3, 0.4) is 0 Å². The van der Waals surface area contributed by atoms with Crippen molar-refractivity contribution in [3.63, 3.8) is 0 Å². The molecule has 0 saturated carbocycles. The topological polar surface area (TPSA) is 55.1 Å². The van der Waals surface area contributed by atoms with E-state index in [0.717, 1.165) is 15.6 Å². The first-order valence-corrected chi connectivity index (χ1v) is 8.51. The van der Waals surface area contributed by atoms with Crippen molar-refractivity contribution >= 4 is 38.6 Å². The van der Waals surface area contributed by atoms with E-state index in [-0.39, 0.29) is 5.91 Å². The average Bonchev–Trinajstić information content (AvgIpc) is 3.06. The summed E-state index contributed by atoms with van der Waals surface area (Å²) < 4.78 is 6.76. The lowest BCUT2D eigenvalue weighted by Gasteiger charge is -2.05. The molecule has 25 heavy (non-hydrogen) atoms. The Bertz CT molecular complexity index is 1040. The Balaban J connectivity index is 1.61. The molecule has 1 amide bonds. The Kier molecular flexibility index (Phi) is 4.07. The molecule has 0 atom stereocenters. The van der Waals surface area contributed by atoms with Crippen molar-refractivity contribution in [1.82, 2.24) is 4.98 Å². The van der Waals surface area contributed by atoms with Gasteiger partial charge in [0.05, 0.1) is 0 Å². The zero-order valence-corrected chi connectivity index (χ0v) is 14.7. The van der Waals surface area contributed by atoms with Crippen LogP contribution < -0.4 is 5.32 Å². The first kappa shape index (κ1) is 15.6. The molecule has 5 heteroatoms. The summed E-state index contributed by atoms with van der Waals surface area (Å²) >= 11 is 3.36. The van der Waals surface area contributed by atoms with Crippen LogP contribution in [-0.2, 0) is 0 Å². The lowest BCUT2D eigenvalue weighted by Crippen LogP contribution is -2.11. The molecule has 0 bridgehead atoms. The number of nitrogens with one attached hydrogen (secondary N) is 1. The number of nitrogens with zero attached hydrogens (tertiary/aromatic N) is 1. The van der Waals surface area contributed by atoms with E-state index < -0.39 is 0 Å². The minimum absolute atomic E-state index is 0.172. The maximum absolute atomic E-state index is 12.3. The van der Waals surface area contributed by atoms with Crippen LogP contribution in [0.15, 0.2) is 81.7 Å². The summed E-state index contributed by atoms with van der Waals surface area (Å²) in [7, 11) is 0. The molecule has 4 nitrogen and oxygen atoms in total. The number of amides is 1. The van der Waals surface area contributed by atoms with Gasteiger partial charge in [0.1, 0.15) is 5.52 Å². The third kappa shape index (κ3) is 3.32. The minimum Gasteiger partial charge on any atom is -0.436 e. The van der Waals surface area contributed by atoms with Crippen LogP contribution in [0.5, 0.6) is 0 Å². The quantitative estimate of drug-likeness (QED) is 0.499. The molecule has 0 spiro atoms. The van der Waals surface area contributed by atoms with E-state index in [1.165, 1.54) is 0 Å². The summed E-state index contributed by atoms with van der Waals surface area (Å²) in [6.45, 7) is 0. The fraction of sp³-hybridized carbons (Fsp3) is 0. The van der Waals surface area contributed by atoms with Crippen molar-refractivity contribution in [2.75, 3.05) is 5.32 Å². The second-order valence-electron chi connectivity index (χ2n) is 5.53. The monoisotopic (exact) mass is 392 g/mol. The molecule has 0 saturated heterocycles. The molecular formula is C20H13BrN2O2. The highest BCUT2D eigenvalue weighted by molar-refractivity contribution is 9.10. The molecular weight excluding hydrogens is 380 g/mol. The maximum atomic E-state index is 12.3. The highest BCUT2D eigenvalue weighted by atomic mass is 79.9. The molecule has 0 fully saturated rings. The molecule has 0 aliphatic carbocycles. The summed E-state index contributed by atoms with van der Waals surface area (Å²) in [5.74, 6) is 0.390. The number of oxazole rings is 1. The summed E-state index contributed by atoms with van der Waals surface area (Å²) in [5, 5.41) is 2.88. The van der Waals surface area contributed by atoms with Gasteiger partial charge in [0.15, 0.2) is 5.58 Å². The lowest BCUT2D eigenvalue weighted by atomic mass is 10.2. The molecule has 1 aromatic heterocycles. The van der Waals surface area contributed by atoms with Gasteiger partial charge in [-0.15, -0.1) is 0 Å². The first-order chi connectivity index (χ1) is 12.2. The molecule has 0 unspecified atom stereocenters. The number of benzene rings is 3. The van der Waals surface area contributed by atoms with Gasteiger partial charge in [-0.05, 0) is 48.5 Å². The van der Waals surface area contributed by atoms with Crippen LogP contribution in [0.2, 0.25) is 0 Å². The van der Waals surface area contributed by atoms with E-state index in [4.69, 9.17) is 4.42 Å². The average molecular weight is 393 g/mol. The number of fused-ring (bicyclic) bond motifs is 1. The van der Waals surface area contributed by atoms with Gasteiger partial charge in [-0.25, -0.2) is 4.98 Å². The third-order valence-corrected chi connectivity index (χ3v) is 4.30. The predicted octanol–water partition coefficient (Wildman–Crippen LogP) is 5.51. The zero-order valence-electron chi connectivity index (χ0n) is 13.1. The Morgan fingerprint density at radius 1 is 0.960 bits per heavy atom. The van der Waals surface area contributed by atoms with Gasteiger partial charge in [0, 0.05) is 27.4 Å². The predicted molar refractivity (Wildman–Crippen MR) is 102 cm³/mol. The molecule has 4 rings (SSSR count). The van der Waals surface area contributed by atoms with Gasteiger partial charge in [0.25, 0.3) is 5.91 Å². The number of aromatic nitrogens is 1. The van der Waals surface area contributed by atoms with E-state index in [9.17, 15) is 4.79 Å². The van der Waals surface area contributed by atoms with Crippen molar-refractivity contribution < 1.29 is 9.21 Å². The van der Waals surface area contributed by atoms with Gasteiger partial charge in [-0.2, -0.15) is 0 Å². The SMILES string of the molecule is O=C(Nc1ccc2nc(-c3ccccc3)oc2c1)c1ccc(Br)cc1. The van der Waals surface area contributed by atoms with E-state index in [1.807, 2.05) is 54.6 Å². The van der Waals surface area contributed by atoms with E-state index in [0.29, 0.717) is 22.7 Å². The molecule has 0 aliphatic rings.